The number of benzene rings is 1. The maximum absolute atomic E-state index is 5.51. The first-order chi connectivity index (χ1) is 8.85. The van der Waals surface area contributed by atoms with Crippen LogP contribution in [0.2, 0.25) is 0 Å². The van der Waals surface area contributed by atoms with Gasteiger partial charge in [0.15, 0.2) is 6.29 Å². The van der Waals surface area contributed by atoms with Crippen molar-refractivity contribution in [3.05, 3.63) is 24.3 Å². The fraction of sp³-hybridized carbons (Fsp3) is 0.538. The number of para-hydroxylation sites is 1. The molecule has 0 atom stereocenters. The number of hydrogen-bond acceptors (Lipinski definition) is 4. The van der Waals surface area contributed by atoms with Crippen molar-refractivity contribution in [3.63, 3.8) is 0 Å². The molecule has 0 spiro atoms. The summed E-state index contributed by atoms with van der Waals surface area (Å²) in [5, 5.41) is 8.26. The van der Waals surface area contributed by atoms with E-state index in [1.54, 1.807) is 0 Å². The average Bonchev–Trinajstić information content (AvgIpc) is 2.80. The zero-order valence-corrected chi connectivity index (χ0v) is 10.9. The molecule has 2 aromatic rings. The van der Waals surface area contributed by atoms with E-state index in [0.29, 0.717) is 13.2 Å². The van der Waals surface area contributed by atoms with Crippen LogP contribution in [-0.4, -0.2) is 34.5 Å². The van der Waals surface area contributed by atoms with E-state index in [-0.39, 0.29) is 6.29 Å². The van der Waals surface area contributed by atoms with Gasteiger partial charge in [0.1, 0.15) is 5.52 Å². The molecular formula is C13H19N3O2. The summed E-state index contributed by atoms with van der Waals surface area (Å²) in [5.74, 6) is 0. The SMILES string of the molecule is CCOC(CCn1nnc2ccccc21)OCC. The van der Waals surface area contributed by atoms with Gasteiger partial charge in [0.05, 0.1) is 5.52 Å². The van der Waals surface area contributed by atoms with Gasteiger partial charge in [-0.3, -0.25) is 0 Å². The van der Waals surface area contributed by atoms with E-state index in [2.05, 4.69) is 10.3 Å². The third-order valence-corrected chi connectivity index (χ3v) is 2.70. The highest BCUT2D eigenvalue weighted by molar-refractivity contribution is 5.73. The van der Waals surface area contributed by atoms with Crippen molar-refractivity contribution in [3.8, 4) is 0 Å². The van der Waals surface area contributed by atoms with Crippen LogP contribution in [0.5, 0.6) is 0 Å². The van der Waals surface area contributed by atoms with Gasteiger partial charge in [-0.25, -0.2) is 4.68 Å². The molecule has 0 bridgehead atoms. The zero-order chi connectivity index (χ0) is 12.8. The average molecular weight is 249 g/mol. The minimum Gasteiger partial charge on any atom is -0.353 e. The van der Waals surface area contributed by atoms with Gasteiger partial charge in [-0.1, -0.05) is 17.3 Å². The Bertz CT molecular complexity index is 478. The molecule has 0 N–H and O–H groups in total. The van der Waals surface area contributed by atoms with E-state index in [0.717, 1.165) is 24.0 Å². The maximum atomic E-state index is 5.51. The lowest BCUT2D eigenvalue weighted by Gasteiger charge is -2.16. The monoisotopic (exact) mass is 249 g/mol. The van der Waals surface area contributed by atoms with Crippen molar-refractivity contribution in [2.24, 2.45) is 0 Å². The molecule has 0 saturated carbocycles. The highest BCUT2D eigenvalue weighted by atomic mass is 16.7. The molecule has 5 heteroatoms. The van der Waals surface area contributed by atoms with Gasteiger partial charge in [0, 0.05) is 26.2 Å². The first-order valence-electron chi connectivity index (χ1n) is 6.36. The molecule has 0 aliphatic heterocycles. The molecule has 0 aliphatic rings. The van der Waals surface area contributed by atoms with Gasteiger partial charge >= 0.3 is 0 Å². The van der Waals surface area contributed by atoms with Gasteiger partial charge in [-0.2, -0.15) is 0 Å². The summed E-state index contributed by atoms with van der Waals surface area (Å²) in [6.45, 7) is 5.99. The van der Waals surface area contributed by atoms with Crippen molar-refractivity contribution in [2.75, 3.05) is 13.2 Å². The smallest absolute Gasteiger partial charge is 0.159 e. The van der Waals surface area contributed by atoms with Gasteiger partial charge in [0.25, 0.3) is 0 Å². The van der Waals surface area contributed by atoms with E-state index in [1.165, 1.54) is 0 Å². The van der Waals surface area contributed by atoms with Crippen LogP contribution in [-0.2, 0) is 16.0 Å². The topological polar surface area (TPSA) is 49.2 Å². The lowest BCUT2D eigenvalue weighted by Crippen LogP contribution is -2.20. The highest BCUT2D eigenvalue weighted by Gasteiger charge is 2.10. The molecule has 0 fully saturated rings. The summed E-state index contributed by atoms with van der Waals surface area (Å²) in [7, 11) is 0. The largest absolute Gasteiger partial charge is 0.353 e. The zero-order valence-electron chi connectivity index (χ0n) is 10.9. The molecule has 18 heavy (non-hydrogen) atoms. The van der Waals surface area contributed by atoms with Crippen LogP contribution >= 0.6 is 0 Å². The summed E-state index contributed by atoms with van der Waals surface area (Å²) in [5.41, 5.74) is 1.96. The van der Waals surface area contributed by atoms with Crippen LogP contribution in [0.25, 0.3) is 11.0 Å². The van der Waals surface area contributed by atoms with E-state index >= 15 is 0 Å². The number of nitrogens with zero attached hydrogens (tertiary/aromatic N) is 3. The molecule has 0 amide bonds. The second-order valence-electron chi connectivity index (χ2n) is 3.93. The molecule has 98 valence electrons. The maximum Gasteiger partial charge on any atom is 0.159 e. The Balaban J connectivity index is 2.00. The Hall–Kier alpha value is -1.46. The molecule has 5 nitrogen and oxygen atoms in total. The normalized spacial score (nSPS) is 11.5. The second kappa shape index (κ2) is 6.47. The minimum absolute atomic E-state index is 0.164. The van der Waals surface area contributed by atoms with Crippen molar-refractivity contribution >= 4 is 11.0 Å². The molecule has 2 rings (SSSR count). The first kappa shape index (κ1) is 13.0. The standard InChI is InChI=1S/C13H19N3O2/c1-3-17-13(18-4-2)9-10-16-12-8-6-5-7-11(12)14-15-16/h5-8,13H,3-4,9-10H2,1-2H3. The van der Waals surface area contributed by atoms with Crippen molar-refractivity contribution < 1.29 is 9.47 Å². The Morgan fingerprint density at radius 1 is 1.17 bits per heavy atom. The number of aromatic nitrogens is 3. The minimum atomic E-state index is -0.164. The van der Waals surface area contributed by atoms with Gasteiger partial charge in [-0.15, -0.1) is 5.10 Å². The van der Waals surface area contributed by atoms with Crippen LogP contribution < -0.4 is 0 Å². The second-order valence-corrected chi connectivity index (χ2v) is 3.93. The lowest BCUT2D eigenvalue weighted by molar-refractivity contribution is -0.141. The quantitative estimate of drug-likeness (QED) is 0.706. The van der Waals surface area contributed by atoms with Crippen LogP contribution in [0.3, 0.4) is 0 Å². The van der Waals surface area contributed by atoms with E-state index < -0.39 is 0 Å². The predicted octanol–water partition coefficient (Wildman–Crippen LogP) is 2.22. The lowest BCUT2D eigenvalue weighted by atomic mass is 10.3. The Labute approximate surface area is 107 Å². The summed E-state index contributed by atoms with van der Waals surface area (Å²) < 4.78 is 12.9. The Kier molecular flexibility index (Phi) is 4.66. The third-order valence-electron chi connectivity index (χ3n) is 2.70. The predicted molar refractivity (Wildman–Crippen MR) is 69.2 cm³/mol. The highest BCUT2D eigenvalue weighted by Crippen LogP contribution is 2.11. The van der Waals surface area contributed by atoms with Crippen molar-refractivity contribution in [1.29, 1.82) is 0 Å². The van der Waals surface area contributed by atoms with E-state index in [1.807, 2.05) is 42.8 Å². The number of fused-ring (bicyclic) bond motifs is 1. The fourth-order valence-corrected chi connectivity index (χ4v) is 1.90. The molecule has 0 unspecified atom stereocenters. The number of rotatable bonds is 7. The van der Waals surface area contributed by atoms with Crippen LogP contribution in [0.1, 0.15) is 20.3 Å². The first-order valence-corrected chi connectivity index (χ1v) is 6.36. The molecule has 0 radical (unpaired) electrons. The summed E-state index contributed by atoms with van der Waals surface area (Å²) in [6.07, 6.45) is 0.609. The van der Waals surface area contributed by atoms with E-state index in [4.69, 9.17) is 9.47 Å². The van der Waals surface area contributed by atoms with E-state index in [9.17, 15) is 0 Å². The van der Waals surface area contributed by atoms with Gasteiger partial charge in [-0.05, 0) is 26.0 Å². The summed E-state index contributed by atoms with van der Waals surface area (Å²) >= 11 is 0. The molecule has 1 aromatic heterocycles. The molecular weight excluding hydrogens is 230 g/mol. The van der Waals surface area contributed by atoms with Gasteiger partial charge in [0.2, 0.25) is 0 Å². The van der Waals surface area contributed by atoms with Crippen LogP contribution in [0.4, 0.5) is 0 Å². The van der Waals surface area contributed by atoms with Crippen LogP contribution in [0.15, 0.2) is 24.3 Å². The molecule has 0 aliphatic carbocycles. The number of hydrogen-bond donors (Lipinski definition) is 0. The molecule has 1 aromatic carbocycles. The fourth-order valence-electron chi connectivity index (χ4n) is 1.90. The summed E-state index contributed by atoms with van der Waals surface area (Å²) in [6, 6.07) is 7.93. The number of ether oxygens (including phenoxy) is 2. The molecule has 0 saturated heterocycles. The Morgan fingerprint density at radius 3 is 2.61 bits per heavy atom. The molecule has 1 heterocycles. The van der Waals surface area contributed by atoms with Crippen molar-refractivity contribution in [1.82, 2.24) is 15.0 Å². The summed E-state index contributed by atoms with van der Waals surface area (Å²) in [4.78, 5) is 0. The number of aryl methyl sites for hydroxylation is 1. The van der Waals surface area contributed by atoms with Crippen molar-refractivity contribution in [2.45, 2.75) is 33.1 Å². The Morgan fingerprint density at radius 2 is 1.89 bits per heavy atom. The third kappa shape index (κ3) is 3.05. The van der Waals surface area contributed by atoms with Gasteiger partial charge < -0.3 is 9.47 Å². The van der Waals surface area contributed by atoms with Crippen LogP contribution in [0, 0.1) is 0 Å².